The van der Waals surface area contributed by atoms with Gasteiger partial charge in [-0.2, -0.15) is 0 Å². The molecule has 3 nitrogen and oxygen atoms in total. The van der Waals surface area contributed by atoms with Crippen LogP contribution in [0.4, 0.5) is 4.39 Å². The van der Waals surface area contributed by atoms with Gasteiger partial charge in [-0.25, -0.2) is 4.39 Å². The number of halogens is 1. The van der Waals surface area contributed by atoms with Crippen LogP contribution in [0.1, 0.15) is 39.3 Å². The summed E-state index contributed by atoms with van der Waals surface area (Å²) in [4.78, 5) is 2.31. The molecule has 0 aliphatic carbocycles. The lowest BCUT2D eigenvalue weighted by Gasteiger charge is -2.35. The Morgan fingerprint density at radius 1 is 1.40 bits per heavy atom. The summed E-state index contributed by atoms with van der Waals surface area (Å²) in [7, 11) is 1.48. The molecule has 1 unspecified atom stereocenters. The number of nitrogens with two attached hydrogens (primary N) is 1. The molecule has 0 heterocycles. The maximum absolute atomic E-state index is 13.8. The van der Waals surface area contributed by atoms with E-state index in [2.05, 4.69) is 32.6 Å². The summed E-state index contributed by atoms with van der Waals surface area (Å²) in [5, 5.41) is 0. The average Bonchev–Trinajstić information content (AvgIpc) is 2.44. The van der Waals surface area contributed by atoms with E-state index in [1.807, 2.05) is 6.07 Å². The summed E-state index contributed by atoms with van der Waals surface area (Å²) >= 11 is 0. The first-order valence-corrected chi connectivity index (χ1v) is 7.12. The molecule has 0 radical (unpaired) electrons. The number of hydrogen-bond acceptors (Lipinski definition) is 3. The predicted molar refractivity (Wildman–Crippen MR) is 81.4 cm³/mol. The van der Waals surface area contributed by atoms with Gasteiger partial charge in [-0.15, -0.1) is 0 Å². The van der Waals surface area contributed by atoms with Gasteiger partial charge in [0.1, 0.15) is 0 Å². The first-order chi connectivity index (χ1) is 9.34. The SMILES string of the molecule is CCN(CC(C)(C)CN)C(C)c1ccc(OC)c(F)c1. The number of methoxy groups -OCH3 is 1. The first kappa shape index (κ1) is 16.9. The zero-order valence-corrected chi connectivity index (χ0v) is 13.2. The molecule has 2 N–H and O–H groups in total. The van der Waals surface area contributed by atoms with Gasteiger partial charge in [0.05, 0.1) is 7.11 Å². The molecule has 20 heavy (non-hydrogen) atoms. The van der Waals surface area contributed by atoms with Crippen LogP contribution in [-0.4, -0.2) is 31.6 Å². The van der Waals surface area contributed by atoms with Crippen LogP contribution in [0.15, 0.2) is 18.2 Å². The smallest absolute Gasteiger partial charge is 0.165 e. The lowest BCUT2D eigenvalue weighted by atomic mass is 9.92. The van der Waals surface area contributed by atoms with Gasteiger partial charge in [-0.05, 0) is 43.1 Å². The molecule has 1 atom stereocenters. The Kier molecular flexibility index (Phi) is 5.96. The van der Waals surface area contributed by atoms with E-state index in [1.54, 1.807) is 12.1 Å². The Morgan fingerprint density at radius 2 is 2.05 bits per heavy atom. The van der Waals surface area contributed by atoms with Crippen LogP contribution >= 0.6 is 0 Å². The number of hydrogen-bond donors (Lipinski definition) is 1. The quantitative estimate of drug-likeness (QED) is 0.834. The largest absolute Gasteiger partial charge is 0.494 e. The molecule has 0 fully saturated rings. The first-order valence-electron chi connectivity index (χ1n) is 7.12. The van der Waals surface area contributed by atoms with E-state index in [0.717, 1.165) is 18.7 Å². The van der Waals surface area contributed by atoms with Crippen LogP contribution in [0, 0.1) is 11.2 Å². The van der Waals surface area contributed by atoms with Gasteiger partial charge < -0.3 is 10.5 Å². The van der Waals surface area contributed by atoms with Crippen molar-refractivity contribution in [3.05, 3.63) is 29.6 Å². The summed E-state index contributed by atoms with van der Waals surface area (Å²) in [5.74, 6) is -0.0303. The highest BCUT2D eigenvalue weighted by molar-refractivity contribution is 5.30. The summed E-state index contributed by atoms with van der Waals surface area (Å²) in [6.07, 6.45) is 0. The molecule has 0 saturated carbocycles. The van der Waals surface area contributed by atoms with Crippen molar-refractivity contribution in [2.24, 2.45) is 11.1 Å². The molecule has 0 spiro atoms. The van der Waals surface area contributed by atoms with Crippen LogP contribution in [0.2, 0.25) is 0 Å². The molecule has 0 aliphatic rings. The second-order valence-electron chi connectivity index (χ2n) is 6.00. The molecule has 1 rings (SSSR count). The van der Waals surface area contributed by atoms with E-state index in [-0.39, 0.29) is 23.0 Å². The zero-order chi connectivity index (χ0) is 15.3. The van der Waals surface area contributed by atoms with Gasteiger partial charge in [-0.3, -0.25) is 4.90 Å². The fourth-order valence-electron chi connectivity index (χ4n) is 2.29. The number of benzene rings is 1. The highest BCUT2D eigenvalue weighted by atomic mass is 19.1. The monoisotopic (exact) mass is 282 g/mol. The minimum absolute atomic E-state index is 0.0509. The van der Waals surface area contributed by atoms with E-state index < -0.39 is 0 Å². The number of ether oxygens (including phenoxy) is 1. The molecule has 1 aromatic rings. The Labute approximate surface area is 121 Å². The van der Waals surface area contributed by atoms with Crippen LogP contribution in [-0.2, 0) is 0 Å². The summed E-state index contributed by atoms with van der Waals surface area (Å²) in [6, 6.07) is 5.31. The summed E-state index contributed by atoms with van der Waals surface area (Å²) < 4.78 is 18.8. The van der Waals surface area contributed by atoms with Crippen molar-refractivity contribution >= 4 is 0 Å². The third kappa shape index (κ3) is 4.18. The molecular formula is C16H27FN2O. The van der Waals surface area contributed by atoms with E-state index in [4.69, 9.17) is 10.5 Å². The van der Waals surface area contributed by atoms with Gasteiger partial charge >= 0.3 is 0 Å². The van der Waals surface area contributed by atoms with Crippen molar-refractivity contribution < 1.29 is 9.13 Å². The fourth-order valence-corrected chi connectivity index (χ4v) is 2.29. The topological polar surface area (TPSA) is 38.5 Å². The Bertz CT molecular complexity index is 434. The van der Waals surface area contributed by atoms with E-state index in [1.165, 1.54) is 7.11 Å². The highest BCUT2D eigenvalue weighted by Gasteiger charge is 2.23. The maximum Gasteiger partial charge on any atom is 0.165 e. The minimum atomic E-state index is -0.314. The Balaban J connectivity index is 2.91. The third-order valence-electron chi connectivity index (χ3n) is 3.80. The zero-order valence-electron chi connectivity index (χ0n) is 13.2. The van der Waals surface area contributed by atoms with Crippen LogP contribution in [0.25, 0.3) is 0 Å². The van der Waals surface area contributed by atoms with Gasteiger partial charge in [0, 0.05) is 12.6 Å². The standard InChI is InChI=1S/C16H27FN2O/c1-6-19(11-16(3,4)10-18)12(2)13-7-8-15(20-5)14(17)9-13/h7-9,12H,6,10-11,18H2,1-5H3. The molecule has 4 heteroatoms. The lowest BCUT2D eigenvalue weighted by Crippen LogP contribution is -2.40. The maximum atomic E-state index is 13.8. The van der Waals surface area contributed by atoms with Crippen molar-refractivity contribution in [3.8, 4) is 5.75 Å². The second kappa shape index (κ2) is 7.04. The van der Waals surface area contributed by atoms with Crippen LogP contribution in [0.3, 0.4) is 0 Å². The van der Waals surface area contributed by atoms with Gasteiger partial charge in [-0.1, -0.05) is 26.8 Å². The molecule has 0 bridgehead atoms. The van der Waals surface area contributed by atoms with Crippen LogP contribution < -0.4 is 10.5 Å². The van der Waals surface area contributed by atoms with E-state index in [9.17, 15) is 4.39 Å². The van der Waals surface area contributed by atoms with Crippen molar-refractivity contribution in [3.63, 3.8) is 0 Å². The molecule has 1 aromatic carbocycles. The second-order valence-corrected chi connectivity index (χ2v) is 6.00. The lowest BCUT2D eigenvalue weighted by molar-refractivity contribution is 0.147. The summed E-state index contributed by atoms with van der Waals surface area (Å²) in [6.45, 7) is 10.9. The average molecular weight is 282 g/mol. The van der Waals surface area contributed by atoms with Crippen molar-refractivity contribution in [2.45, 2.75) is 33.7 Å². The van der Waals surface area contributed by atoms with Crippen molar-refractivity contribution in [2.75, 3.05) is 26.7 Å². The third-order valence-corrected chi connectivity index (χ3v) is 3.80. The van der Waals surface area contributed by atoms with E-state index in [0.29, 0.717) is 6.54 Å². The normalized spacial score (nSPS) is 13.6. The molecule has 0 amide bonds. The van der Waals surface area contributed by atoms with Gasteiger partial charge in [0.2, 0.25) is 0 Å². The van der Waals surface area contributed by atoms with Crippen molar-refractivity contribution in [1.29, 1.82) is 0 Å². The molecule has 0 saturated heterocycles. The fraction of sp³-hybridized carbons (Fsp3) is 0.625. The number of nitrogens with zero attached hydrogens (tertiary/aromatic N) is 1. The predicted octanol–water partition coefficient (Wildman–Crippen LogP) is 3.20. The van der Waals surface area contributed by atoms with E-state index >= 15 is 0 Å². The Morgan fingerprint density at radius 3 is 2.50 bits per heavy atom. The molecule has 0 aromatic heterocycles. The van der Waals surface area contributed by atoms with Crippen molar-refractivity contribution in [1.82, 2.24) is 4.90 Å². The molecular weight excluding hydrogens is 255 g/mol. The van der Waals surface area contributed by atoms with Gasteiger partial charge in [0.15, 0.2) is 11.6 Å². The summed E-state index contributed by atoms with van der Waals surface area (Å²) in [5.41, 5.74) is 6.81. The minimum Gasteiger partial charge on any atom is -0.494 e. The highest BCUT2D eigenvalue weighted by Crippen LogP contribution is 2.27. The van der Waals surface area contributed by atoms with Crippen LogP contribution in [0.5, 0.6) is 5.75 Å². The number of rotatable bonds is 7. The molecule has 114 valence electrons. The molecule has 0 aliphatic heterocycles. The Hall–Kier alpha value is -1.13. The van der Waals surface area contributed by atoms with Gasteiger partial charge in [0.25, 0.3) is 0 Å².